The van der Waals surface area contributed by atoms with Gasteiger partial charge in [-0.15, -0.1) is 11.3 Å². The number of rotatable bonds is 4. The number of hydrogen-bond donors (Lipinski definition) is 1. The first-order chi connectivity index (χ1) is 9.74. The summed E-state index contributed by atoms with van der Waals surface area (Å²) in [5.74, 6) is 0. The zero-order valence-electron chi connectivity index (χ0n) is 11.7. The monoisotopic (exact) mass is 283 g/mol. The van der Waals surface area contributed by atoms with Crippen LogP contribution in [0, 0.1) is 13.8 Å². The van der Waals surface area contributed by atoms with Gasteiger partial charge in [-0.3, -0.25) is 0 Å². The van der Waals surface area contributed by atoms with Crippen molar-refractivity contribution in [1.29, 1.82) is 0 Å². The van der Waals surface area contributed by atoms with E-state index in [1.54, 1.807) is 17.7 Å². The molecule has 0 radical (unpaired) electrons. The molecule has 3 rings (SSSR count). The molecule has 0 bridgehead atoms. The summed E-state index contributed by atoms with van der Waals surface area (Å²) in [4.78, 5) is 9.86. The highest BCUT2D eigenvalue weighted by Crippen LogP contribution is 2.25. The molecule has 1 aromatic carbocycles. The second-order valence-electron chi connectivity index (χ2n) is 4.97. The molecule has 0 aliphatic rings. The standard InChI is InChI=1S/C16H17N3S/c1-11-4-3-5-13(8-11)17-7-6-14-15-12(2)9-20-16(15)19-10-18-14/h3-5,8-10,17H,6-7H2,1-2H3. The summed E-state index contributed by atoms with van der Waals surface area (Å²) in [6.45, 7) is 5.11. The zero-order chi connectivity index (χ0) is 13.9. The minimum Gasteiger partial charge on any atom is -0.385 e. The third kappa shape index (κ3) is 2.65. The molecule has 4 heteroatoms. The van der Waals surface area contributed by atoms with Crippen molar-refractivity contribution < 1.29 is 0 Å². The van der Waals surface area contributed by atoms with Crippen molar-refractivity contribution in [3.05, 3.63) is 52.8 Å². The number of anilines is 1. The van der Waals surface area contributed by atoms with Crippen LogP contribution >= 0.6 is 11.3 Å². The molecule has 0 aliphatic carbocycles. The van der Waals surface area contributed by atoms with E-state index in [0.29, 0.717) is 0 Å². The van der Waals surface area contributed by atoms with Crippen molar-refractivity contribution in [2.75, 3.05) is 11.9 Å². The lowest BCUT2D eigenvalue weighted by atomic mass is 10.1. The van der Waals surface area contributed by atoms with Crippen molar-refractivity contribution in [2.24, 2.45) is 0 Å². The summed E-state index contributed by atoms with van der Waals surface area (Å²) in [6.07, 6.45) is 2.57. The fraction of sp³-hybridized carbons (Fsp3) is 0.250. The average molecular weight is 283 g/mol. The Morgan fingerprint density at radius 2 is 2.10 bits per heavy atom. The lowest BCUT2D eigenvalue weighted by Crippen LogP contribution is -2.06. The average Bonchev–Trinajstić information content (AvgIpc) is 2.82. The Bertz CT molecular complexity index is 733. The molecular formula is C16H17N3S. The maximum Gasteiger partial charge on any atom is 0.127 e. The Labute approximate surface area is 122 Å². The molecule has 2 aromatic heterocycles. The molecule has 0 fully saturated rings. The summed E-state index contributed by atoms with van der Waals surface area (Å²) < 4.78 is 0. The van der Waals surface area contributed by atoms with Gasteiger partial charge < -0.3 is 5.32 Å². The topological polar surface area (TPSA) is 37.8 Å². The smallest absolute Gasteiger partial charge is 0.127 e. The molecule has 3 nitrogen and oxygen atoms in total. The quantitative estimate of drug-likeness (QED) is 0.787. The molecule has 102 valence electrons. The van der Waals surface area contributed by atoms with Gasteiger partial charge in [-0.2, -0.15) is 0 Å². The highest BCUT2D eigenvalue weighted by Gasteiger charge is 2.08. The number of hydrogen-bond acceptors (Lipinski definition) is 4. The van der Waals surface area contributed by atoms with Crippen molar-refractivity contribution in [3.8, 4) is 0 Å². The molecule has 3 aromatic rings. The highest BCUT2D eigenvalue weighted by atomic mass is 32.1. The molecule has 0 atom stereocenters. The lowest BCUT2D eigenvalue weighted by Gasteiger charge is -2.07. The molecule has 0 saturated heterocycles. The van der Waals surface area contributed by atoms with E-state index in [9.17, 15) is 0 Å². The van der Waals surface area contributed by atoms with Gasteiger partial charge in [0, 0.05) is 24.0 Å². The van der Waals surface area contributed by atoms with E-state index < -0.39 is 0 Å². The van der Waals surface area contributed by atoms with Crippen molar-refractivity contribution in [1.82, 2.24) is 9.97 Å². The van der Waals surface area contributed by atoms with E-state index in [1.807, 2.05) is 0 Å². The second kappa shape index (κ2) is 5.59. The Kier molecular flexibility index (Phi) is 3.65. The van der Waals surface area contributed by atoms with Gasteiger partial charge in [0.25, 0.3) is 0 Å². The van der Waals surface area contributed by atoms with Crippen molar-refractivity contribution in [2.45, 2.75) is 20.3 Å². The molecule has 2 heterocycles. The number of nitrogens with one attached hydrogen (secondary N) is 1. The minimum absolute atomic E-state index is 0.880. The van der Waals surface area contributed by atoms with Gasteiger partial charge in [-0.25, -0.2) is 9.97 Å². The van der Waals surface area contributed by atoms with Crippen molar-refractivity contribution in [3.63, 3.8) is 0 Å². The van der Waals surface area contributed by atoms with E-state index in [-0.39, 0.29) is 0 Å². The predicted molar refractivity (Wildman–Crippen MR) is 85.5 cm³/mol. The van der Waals surface area contributed by atoms with Crippen LogP contribution in [0.1, 0.15) is 16.8 Å². The Hall–Kier alpha value is -1.94. The molecular weight excluding hydrogens is 266 g/mol. The minimum atomic E-state index is 0.880. The molecule has 1 N–H and O–H groups in total. The highest BCUT2D eigenvalue weighted by molar-refractivity contribution is 7.16. The van der Waals surface area contributed by atoms with Crippen LogP contribution in [-0.4, -0.2) is 16.5 Å². The molecule has 0 unspecified atom stereocenters. The van der Waals surface area contributed by atoms with Gasteiger partial charge in [-0.1, -0.05) is 12.1 Å². The first-order valence-corrected chi connectivity index (χ1v) is 7.60. The SMILES string of the molecule is Cc1cccc(NCCc2ncnc3scc(C)c23)c1. The second-order valence-corrected chi connectivity index (χ2v) is 5.82. The van der Waals surface area contributed by atoms with Crippen molar-refractivity contribution >= 4 is 27.2 Å². The van der Waals surface area contributed by atoms with Crippen LogP contribution in [0.4, 0.5) is 5.69 Å². The number of benzene rings is 1. The Morgan fingerprint density at radius 1 is 1.20 bits per heavy atom. The van der Waals surface area contributed by atoms with Crippen LogP contribution in [0.5, 0.6) is 0 Å². The van der Waals surface area contributed by atoms with Crippen LogP contribution in [0.2, 0.25) is 0 Å². The van der Waals surface area contributed by atoms with Gasteiger partial charge in [0.15, 0.2) is 0 Å². The lowest BCUT2D eigenvalue weighted by molar-refractivity contribution is 0.963. The van der Waals surface area contributed by atoms with E-state index in [2.05, 4.69) is 58.8 Å². The molecule has 0 amide bonds. The predicted octanol–water partition coefficient (Wildman–Crippen LogP) is 3.96. The van der Waals surface area contributed by atoms with E-state index in [4.69, 9.17) is 0 Å². The van der Waals surface area contributed by atoms with Crippen LogP contribution in [0.25, 0.3) is 10.2 Å². The maximum absolute atomic E-state index is 4.44. The van der Waals surface area contributed by atoms with E-state index in [0.717, 1.165) is 29.2 Å². The number of fused-ring (bicyclic) bond motifs is 1. The molecule has 0 aliphatic heterocycles. The maximum atomic E-state index is 4.44. The van der Waals surface area contributed by atoms with Crippen LogP contribution in [-0.2, 0) is 6.42 Å². The normalized spacial score (nSPS) is 10.9. The third-order valence-corrected chi connectivity index (χ3v) is 4.35. The van der Waals surface area contributed by atoms with Crippen LogP contribution < -0.4 is 5.32 Å². The summed E-state index contributed by atoms with van der Waals surface area (Å²) in [5, 5.41) is 6.83. The molecule has 0 spiro atoms. The van der Waals surface area contributed by atoms with Gasteiger partial charge in [0.05, 0.1) is 5.69 Å². The van der Waals surface area contributed by atoms with Gasteiger partial charge >= 0.3 is 0 Å². The summed E-state index contributed by atoms with van der Waals surface area (Å²) in [7, 11) is 0. The fourth-order valence-corrected chi connectivity index (χ4v) is 3.27. The zero-order valence-corrected chi connectivity index (χ0v) is 12.5. The van der Waals surface area contributed by atoms with Gasteiger partial charge in [0.1, 0.15) is 11.2 Å². The molecule has 0 saturated carbocycles. The Balaban J connectivity index is 1.73. The molecule has 20 heavy (non-hydrogen) atoms. The van der Waals surface area contributed by atoms with E-state index >= 15 is 0 Å². The van der Waals surface area contributed by atoms with Gasteiger partial charge in [0.2, 0.25) is 0 Å². The van der Waals surface area contributed by atoms with E-state index in [1.165, 1.54) is 16.5 Å². The van der Waals surface area contributed by atoms with Crippen LogP contribution in [0.3, 0.4) is 0 Å². The Morgan fingerprint density at radius 3 is 2.95 bits per heavy atom. The number of nitrogens with zero attached hydrogens (tertiary/aromatic N) is 2. The summed E-state index contributed by atoms with van der Waals surface area (Å²) in [5.41, 5.74) is 4.84. The number of aromatic nitrogens is 2. The number of aryl methyl sites for hydroxylation is 2. The number of thiophene rings is 1. The third-order valence-electron chi connectivity index (χ3n) is 3.34. The first kappa shape index (κ1) is 13.1. The fourth-order valence-electron chi connectivity index (χ4n) is 2.36. The first-order valence-electron chi connectivity index (χ1n) is 6.72. The summed E-state index contributed by atoms with van der Waals surface area (Å²) >= 11 is 1.69. The van der Waals surface area contributed by atoms with Crippen LogP contribution in [0.15, 0.2) is 36.0 Å². The summed E-state index contributed by atoms with van der Waals surface area (Å²) in [6, 6.07) is 8.43. The largest absolute Gasteiger partial charge is 0.385 e. The van der Waals surface area contributed by atoms with Gasteiger partial charge in [-0.05, 0) is 42.5 Å².